The summed E-state index contributed by atoms with van der Waals surface area (Å²) in [6, 6.07) is 11.6. The van der Waals surface area contributed by atoms with Gasteiger partial charge in [-0.15, -0.1) is 10.2 Å². The summed E-state index contributed by atoms with van der Waals surface area (Å²) in [5.74, 6) is -1.44. The summed E-state index contributed by atoms with van der Waals surface area (Å²) in [5, 5.41) is 21.1. The normalized spacial score (nSPS) is 12.0. The first-order chi connectivity index (χ1) is 14.2. The van der Waals surface area contributed by atoms with Gasteiger partial charge in [0.2, 0.25) is 11.6 Å². The highest BCUT2D eigenvalue weighted by Gasteiger charge is 2.41. The maximum Gasteiger partial charge on any atom is 0.452 e. The average Bonchev–Trinajstić information content (AvgIpc) is 3.14. The van der Waals surface area contributed by atoms with E-state index in [1.165, 1.54) is 31.4 Å². The number of aromatic nitrogens is 3. The molecule has 1 N–H and O–H groups in total. The van der Waals surface area contributed by atoms with Crippen LogP contribution in [0.1, 0.15) is 11.6 Å². The SMILES string of the molecule is COc1ccc(N/C=C(\c2nnc(C(F)(F)F)n2-c2ccc(Cl)cc2)[N+](=O)[O-])cc1. The fraction of sp³-hybridized carbons (Fsp3) is 0.111. The second kappa shape index (κ2) is 8.41. The van der Waals surface area contributed by atoms with E-state index in [1.54, 1.807) is 24.3 Å². The van der Waals surface area contributed by atoms with Gasteiger partial charge in [0, 0.05) is 16.4 Å². The monoisotopic (exact) mass is 439 g/mol. The Morgan fingerprint density at radius 3 is 2.33 bits per heavy atom. The maximum absolute atomic E-state index is 13.4. The molecule has 0 bridgehead atoms. The van der Waals surface area contributed by atoms with E-state index in [9.17, 15) is 23.3 Å². The molecule has 0 atom stereocenters. The van der Waals surface area contributed by atoms with Crippen molar-refractivity contribution in [2.45, 2.75) is 6.18 Å². The van der Waals surface area contributed by atoms with E-state index in [0.29, 0.717) is 16.0 Å². The van der Waals surface area contributed by atoms with Crippen molar-refractivity contribution in [2.75, 3.05) is 12.4 Å². The molecule has 0 saturated carbocycles. The van der Waals surface area contributed by atoms with Crippen molar-refractivity contribution in [3.8, 4) is 11.4 Å². The third-order valence-electron chi connectivity index (χ3n) is 3.89. The number of nitro groups is 1. The highest BCUT2D eigenvalue weighted by Crippen LogP contribution is 2.32. The van der Waals surface area contributed by atoms with Crippen LogP contribution in [0.3, 0.4) is 0 Å². The Morgan fingerprint density at radius 1 is 1.17 bits per heavy atom. The summed E-state index contributed by atoms with van der Waals surface area (Å²) in [7, 11) is 1.48. The van der Waals surface area contributed by atoms with Crippen molar-refractivity contribution in [1.82, 2.24) is 14.8 Å². The molecule has 0 aliphatic rings. The molecule has 0 amide bonds. The Balaban J connectivity index is 2.09. The molecule has 8 nitrogen and oxygen atoms in total. The summed E-state index contributed by atoms with van der Waals surface area (Å²) < 4.78 is 45.9. The van der Waals surface area contributed by atoms with Gasteiger partial charge >= 0.3 is 11.9 Å². The maximum atomic E-state index is 13.4. The van der Waals surface area contributed by atoms with Crippen molar-refractivity contribution in [2.24, 2.45) is 0 Å². The van der Waals surface area contributed by atoms with E-state index in [4.69, 9.17) is 16.3 Å². The number of rotatable bonds is 6. The van der Waals surface area contributed by atoms with Crippen LogP contribution >= 0.6 is 11.6 Å². The van der Waals surface area contributed by atoms with Crippen LogP contribution in [0.15, 0.2) is 54.7 Å². The van der Waals surface area contributed by atoms with Crippen LogP contribution in [0.2, 0.25) is 5.02 Å². The van der Waals surface area contributed by atoms with Crippen molar-refractivity contribution in [1.29, 1.82) is 0 Å². The van der Waals surface area contributed by atoms with E-state index in [2.05, 4.69) is 15.5 Å². The first kappa shape index (κ1) is 21.1. The second-order valence-electron chi connectivity index (χ2n) is 5.82. The van der Waals surface area contributed by atoms with Crippen molar-refractivity contribution in [3.63, 3.8) is 0 Å². The minimum absolute atomic E-state index is 0.0380. The number of nitrogens with one attached hydrogen (secondary N) is 1. The Bertz CT molecular complexity index is 1080. The molecule has 2 aromatic carbocycles. The standard InChI is InChI=1S/C18H13ClF3N5O3/c1-30-14-8-4-12(5-9-14)23-10-15(27(28)29)16-24-25-17(18(20,21)22)26(16)13-6-2-11(19)3-7-13/h2-10,23H,1H3/b15-10+. The van der Waals surface area contributed by atoms with Crippen LogP contribution < -0.4 is 10.1 Å². The van der Waals surface area contributed by atoms with Crippen LogP contribution in [0.25, 0.3) is 11.4 Å². The molecular weight excluding hydrogens is 427 g/mol. The molecule has 0 fully saturated rings. The van der Waals surface area contributed by atoms with Gasteiger partial charge < -0.3 is 10.1 Å². The fourth-order valence-electron chi connectivity index (χ4n) is 2.51. The second-order valence-corrected chi connectivity index (χ2v) is 6.25. The quantitative estimate of drug-likeness (QED) is 0.444. The van der Waals surface area contributed by atoms with Crippen LogP contribution in [-0.4, -0.2) is 26.8 Å². The number of methoxy groups -OCH3 is 1. The number of anilines is 1. The number of hydrogen-bond acceptors (Lipinski definition) is 6. The van der Waals surface area contributed by atoms with Crippen LogP contribution in [0, 0.1) is 10.1 Å². The number of alkyl halides is 3. The molecule has 0 saturated heterocycles. The molecular formula is C18H13ClF3N5O3. The van der Waals surface area contributed by atoms with Crippen molar-refractivity contribution in [3.05, 3.63) is 81.5 Å². The number of nitrogens with zero attached hydrogens (tertiary/aromatic N) is 4. The predicted octanol–water partition coefficient (Wildman–Crippen LogP) is 4.64. The summed E-state index contributed by atoms with van der Waals surface area (Å²) in [4.78, 5) is 10.8. The molecule has 1 heterocycles. The first-order valence-electron chi connectivity index (χ1n) is 8.25. The van der Waals surface area contributed by atoms with Gasteiger partial charge in [-0.1, -0.05) is 11.6 Å². The van der Waals surface area contributed by atoms with E-state index >= 15 is 0 Å². The van der Waals surface area contributed by atoms with Crippen LogP contribution in [-0.2, 0) is 6.18 Å². The van der Waals surface area contributed by atoms with Crippen molar-refractivity contribution >= 4 is 23.0 Å². The average molecular weight is 440 g/mol. The number of ether oxygens (including phenoxy) is 1. The number of hydrogen-bond donors (Lipinski definition) is 1. The van der Waals surface area contributed by atoms with E-state index in [0.717, 1.165) is 6.20 Å². The number of halogens is 4. The van der Waals surface area contributed by atoms with E-state index < -0.39 is 28.4 Å². The van der Waals surface area contributed by atoms with Gasteiger partial charge in [-0.05, 0) is 48.5 Å². The van der Waals surface area contributed by atoms with E-state index in [-0.39, 0.29) is 10.7 Å². The minimum atomic E-state index is -4.89. The van der Waals surface area contributed by atoms with Gasteiger partial charge in [-0.2, -0.15) is 13.2 Å². The lowest BCUT2D eigenvalue weighted by Crippen LogP contribution is -2.16. The predicted molar refractivity (Wildman–Crippen MR) is 103 cm³/mol. The summed E-state index contributed by atoms with van der Waals surface area (Å²) in [6.45, 7) is 0. The van der Waals surface area contributed by atoms with Crippen molar-refractivity contribution < 1.29 is 22.8 Å². The highest BCUT2D eigenvalue weighted by molar-refractivity contribution is 6.30. The molecule has 0 aliphatic heterocycles. The molecule has 0 spiro atoms. The van der Waals surface area contributed by atoms with Gasteiger partial charge in [0.25, 0.3) is 0 Å². The van der Waals surface area contributed by atoms with Gasteiger partial charge in [-0.25, -0.2) is 0 Å². The summed E-state index contributed by atoms with van der Waals surface area (Å²) >= 11 is 5.79. The van der Waals surface area contributed by atoms with Gasteiger partial charge in [0.1, 0.15) is 5.75 Å². The Hall–Kier alpha value is -3.60. The van der Waals surface area contributed by atoms with Gasteiger partial charge in [0.15, 0.2) is 0 Å². The lowest BCUT2D eigenvalue weighted by atomic mass is 10.3. The van der Waals surface area contributed by atoms with E-state index in [1.807, 2.05) is 0 Å². The highest BCUT2D eigenvalue weighted by atomic mass is 35.5. The fourth-order valence-corrected chi connectivity index (χ4v) is 2.63. The molecule has 12 heteroatoms. The third kappa shape index (κ3) is 4.51. The molecule has 0 unspecified atom stereocenters. The first-order valence-corrected chi connectivity index (χ1v) is 8.62. The lowest BCUT2D eigenvalue weighted by molar-refractivity contribution is -0.376. The summed E-state index contributed by atoms with van der Waals surface area (Å²) in [6.07, 6.45) is -3.95. The number of benzene rings is 2. The summed E-state index contributed by atoms with van der Waals surface area (Å²) in [5.41, 5.74) is -0.309. The Kier molecular flexibility index (Phi) is 5.92. The molecule has 1 aromatic heterocycles. The van der Waals surface area contributed by atoms with Gasteiger partial charge in [-0.3, -0.25) is 14.7 Å². The van der Waals surface area contributed by atoms with Gasteiger partial charge in [0.05, 0.1) is 18.2 Å². The largest absolute Gasteiger partial charge is 0.497 e. The molecule has 30 heavy (non-hydrogen) atoms. The zero-order valence-corrected chi connectivity index (χ0v) is 16.0. The zero-order chi connectivity index (χ0) is 21.9. The van der Waals surface area contributed by atoms with Crippen LogP contribution in [0.4, 0.5) is 18.9 Å². The smallest absolute Gasteiger partial charge is 0.452 e. The molecule has 3 aromatic rings. The Morgan fingerprint density at radius 2 is 1.80 bits per heavy atom. The minimum Gasteiger partial charge on any atom is -0.497 e. The molecule has 156 valence electrons. The molecule has 3 rings (SSSR count). The molecule has 0 radical (unpaired) electrons. The topological polar surface area (TPSA) is 95.1 Å². The zero-order valence-electron chi connectivity index (χ0n) is 15.2. The Labute approximate surface area is 172 Å². The van der Waals surface area contributed by atoms with Crippen LogP contribution in [0.5, 0.6) is 5.75 Å². The third-order valence-corrected chi connectivity index (χ3v) is 4.14. The lowest BCUT2D eigenvalue weighted by Gasteiger charge is -2.11. The molecule has 0 aliphatic carbocycles.